The molecule has 0 spiro atoms. The normalized spacial score (nSPS) is 11.5. The van der Waals surface area contributed by atoms with Crippen molar-refractivity contribution in [3.05, 3.63) is 22.8 Å². The molecule has 0 fully saturated rings. The molecule has 0 bridgehead atoms. The van der Waals surface area contributed by atoms with Crippen molar-refractivity contribution in [2.75, 3.05) is 25.5 Å². The summed E-state index contributed by atoms with van der Waals surface area (Å²) < 4.78 is 0. The predicted octanol–water partition coefficient (Wildman–Crippen LogP) is 2.40. The second-order valence-corrected chi connectivity index (χ2v) is 4.56. The Morgan fingerprint density at radius 2 is 2.32 bits per heavy atom. The molecule has 1 rings (SSSR count). The van der Waals surface area contributed by atoms with E-state index in [1.165, 1.54) is 0 Å². The highest BCUT2D eigenvalue weighted by Crippen LogP contribution is 2.18. The predicted molar refractivity (Wildman–Crippen MR) is 75.1 cm³/mol. The molecule has 1 atom stereocenters. The summed E-state index contributed by atoms with van der Waals surface area (Å²) in [7, 11) is 1.72. The van der Waals surface area contributed by atoms with Crippen molar-refractivity contribution in [2.24, 2.45) is 5.92 Å². The molecule has 1 aromatic rings. The number of pyridine rings is 1. The van der Waals surface area contributed by atoms with Crippen molar-refractivity contribution in [1.29, 1.82) is 5.26 Å². The molecular weight excluding hydrogens is 264 g/mol. The first-order valence-corrected chi connectivity index (χ1v) is 6.44. The van der Waals surface area contributed by atoms with Gasteiger partial charge in [-0.2, -0.15) is 5.26 Å². The van der Waals surface area contributed by atoms with E-state index in [2.05, 4.69) is 16.4 Å². The summed E-state index contributed by atoms with van der Waals surface area (Å²) in [6, 6.07) is 5.45. The number of amides is 1. The topological polar surface area (TPSA) is 69.0 Å². The fraction of sp³-hybridized carbons (Fsp3) is 0.462. The molecule has 1 N–H and O–H groups in total. The van der Waals surface area contributed by atoms with Crippen LogP contribution >= 0.6 is 11.6 Å². The van der Waals surface area contributed by atoms with E-state index in [1.54, 1.807) is 31.0 Å². The summed E-state index contributed by atoms with van der Waals surface area (Å²) in [4.78, 5) is 18.1. The Kier molecular flexibility index (Phi) is 5.58. The minimum atomic E-state index is -0.258. The van der Waals surface area contributed by atoms with Gasteiger partial charge in [0.2, 0.25) is 0 Å². The summed E-state index contributed by atoms with van der Waals surface area (Å²) in [5.74, 6) is 0.0963. The Hall–Kier alpha value is -1.80. The van der Waals surface area contributed by atoms with Gasteiger partial charge < -0.3 is 10.2 Å². The van der Waals surface area contributed by atoms with Crippen LogP contribution in [0.25, 0.3) is 0 Å². The molecule has 0 saturated carbocycles. The molecular formula is C13H17ClN4O. The average molecular weight is 281 g/mol. The van der Waals surface area contributed by atoms with Gasteiger partial charge in [-0.1, -0.05) is 11.6 Å². The van der Waals surface area contributed by atoms with Crippen LogP contribution < -0.4 is 5.32 Å². The summed E-state index contributed by atoms with van der Waals surface area (Å²) in [5, 5.41) is 12.0. The van der Waals surface area contributed by atoms with Crippen LogP contribution in [0.5, 0.6) is 0 Å². The Morgan fingerprint density at radius 3 is 2.84 bits per heavy atom. The van der Waals surface area contributed by atoms with Crippen molar-refractivity contribution < 1.29 is 4.79 Å². The molecule has 1 aromatic heterocycles. The number of nitrogens with zero attached hydrogens (tertiary/aromatic N) is 3. The number of halogens is 1. The fourth-order valence-corrected chi connectivity index (χ4v) is 1.79. The number of carbonyl (C=O) groups is 1. The second-order valence-electron chi connectivity index (χ2n) is 4.15. The number of aromatic nitrogens is 1. The van der Waals surface area contributed by atoms with Crippen LogP contribution in [0, 0.1) is 17.2 Å². The third-order valence-electron chi connectivity index (χ3n) is 2.69. The van der Waals surface area contributed by atoms with E-state index in [9.17, 15) is 4.79 Å². The Balaban J connectivity index is 3.00. The lowest BCUT2D eigenvalue weighted by Gasteiger charge is -2.22. The SMILES string of the molecule is CCN(CC(C)C#N)C(=O)c1nc(NC)ccc1Cl. The van der Waals surface area contributed by atoms with Gasteiger partial charge in [0.05, 0.1) is 17.0 Å². The van der Waals surface area contributed by atoms with Crippen molar-refractivity contribution in [1.82, 2.24) is 9.88 Å². The zero-order valence-electron chi connectivity index (χ0n) is 11.3. The minimum Gasteiger partial charge on any atom is -0.373 e. The first-order valence-electron chi connectivity index (χ1n) is 6.06. The monoisotopic (exact) mass is 280 g/mol. The quantitative estimate of drug-likeness (QED) is 0.899. The molecule has 0 aliphatic carbocycles. The van der Waals surface area contributed by atoms with Crippen LogP contribution in [0.1, 0.15) is 24.3 Å². The van der Waals surface area contributed by atoms with Gasteiger partial charge in [0.15, 0.2) is 0 Å². The third-order valence-corrected chi connectivity index (χ3v) is 2.99. The van der Waals surface area contributed by atoms with Gasteiger partial charge in [-0.15, -0.1) is 0 Å². The van der Waals surface area contributed by atoms with Crippen molar-refractivity contribution in [2.45, 2.75) is 13.8 Å². The number of nitriles is 1. The van der Waals surface area contributed by atoms with E-state index in [0.29, 0.717) is 23.9 Å². The van der Waals surface area contributed by atoms with Crippen LogP contribution in [-0.2, 0) is 0 Å². The highest BCUT2D eigenvalue weighted by atomic mass is 35.5. The van der Waals surface area contributed by atoms with Crippen molar-refractivity contribution in [3.63, 3.8) is 0 Å². The Bertz CT molecular complexity index is 498. The number of rotatable bonds is 5. The van der Waals surface area contributed by atoms with E-state index in [4.69, 9.17) is 16.9 Å². The maximum absolute atomic E-state index is 12.4. The lowest BCUT2D eigenvalue weighted by atomic mass is 10.2. The molecule has 6 heteroatoms. The molecule has 19 heavy (non-hydrogen) atoms. The first kappa shape index (κ1) is 15.3. The number of hydrogen-bond donors (Lipinski definition) is 1. The van der Waals surface area contributed by atoms with Crippen LogP contribution in [0.15, 0.2) is 12.1 Å². The van der Waals surface area contributed by atoms with E-state index in [0.717, 1.165) is 0 Å². The standard InChI is InChI=1S/C13H17ClN4O/c1-4-18(8-9(2)7-15)13(19)12-10(14)5-6-11(16-3)17-12/h5-6,9H,4,8H2,1-3H3,(H,16,17). The molecule has 0 aromatic carbocycles. The zero-order chi connectivity index (χ0) is 14.4. The lowest BCUT2D eigenvalue weighted by molar-refractivity contribution is 0.0747. The summed E-state index contributed by atoms with van der Waals surface area (Å²) in [5.41, 5.74) is 0.209. The van der Waals surface area contributed by atoms with Crippen molar-refractivity contribution >= 4 is 23.3 Å². The average Bonchev–Trinajstić information content (AvgIpc) is 2.44. The van der Waals surface area contributed by atoms with Gasteiger partial charge in [-0.3, -0.25) is 4.79 Å². The van der Waals surface area contributed by atoms with Crippen LogP contribution in [0.2, 0.25) is 5.02 Å². The van der Waals surface area contributed by atoms with E-state index < -0.39 is 0 Å². The number of nitrogens with one attached hydrogen (secondary N) is 1. The van der Waals surface area contributed by atoms with Gasteiger partial charge in [0, 0.05) is 20.1 Å². The van der Waals surface area contributed by atoms with E-state index in [-0.39, 0.29) is 17.5 Å². The van der Waals surface area contributed by atoms with Crippen LogP contribution in [-0.4, -0.2) is 35.9 Å². The largest absolute Gasteiger partial charge is 0.373 e. The summed E-state index contributed by atoms with van der Waals surface area (Å²) in [6.07, 6.45) is 0. The van der Waals surface area contributed by atoms with Gasteiger partial charge in [0.25, 0.3) is 5.91 Å². The lowest BCUT2D eigenvalue weighted by Crippen LogP contribution is -2.35. The van der Waals surface area contributed by atoms with Gasteiger partial charge in [-0.05, 0) is 26.0 Å². The van der Waals surface area contributed by atoms with Crippen molar-refractivity contribution in [3.8, 4) is 6.07 Å². The number of anilines is 1. The maximum atomic E-state index is 12.4. The Morgan fingerprint density at radius 1 is 1.63 bits per heavy atom. The molecule has 1 heterocycles. The highest BCUT2D eigenvalue weighted by molar-refractivity contribution is 6.33. The van der Waals surface area contributed by atoms with E-state index in [1.807, 2.05) is 6.92 Å². The zero-order valence-corrected chi connectivity index (χ0v) is 12.0. The molecule has 0 radical (unpaired) electrons. The summed E-state index contributed by atoms with van der Waals surface area (Å²) >= 11 is 6.02. The van der Waals surface area contributed by atoms with Gasteiger partial charge in [-0.25, -0.2) is 4.98 Å². The molecule has 102 valence electrons. The van der Waals surface area contributed by atoms with Gasteiger partial charge >= 0.3 is 0 Å². The first-order chi connectivity index (χ1) is 9.03. The molecule has 1 unspecified atom stereocenters. The fourth-order valence-electron chi connectivity index (χ4n) is 1.61. The molecule has 0 saturated heterocycles. The number of hydrogen-bond acceptors (Lipinski definition) is 4. The smallest absolute Gasteiger partial charge is 0.274 e. The second kappa shape index (κ2) is 6.95. The highest BCUT2D eigenvalue weighted by Gasteiger charge is 2.20. The van der Waals surface area contributed by atoms with Gasteiger partial charge in [0.1, 0.15) is 11.5 Å². The molecule has 5 nitrogen and oxygen atoms in total. The third kappa shape index (κ3) is 3.83. The van der Waals surface area contributed by atoms with Crippen LogP contribution in [0.3, 0.4) is 0 Å². The van der Waals surface area contributed by atoms with Crippen LogP contribution in [0.4, 0.5) is 5.82 Å². The maximum Gasteiger partial charge on any atom is 0.274 e. The molecule has 0 aliphatic rings. The Labute approximate surface area is 118 Å². The number of carbonyl (C=O) groups excluding carboxylic acids is 1. The van der Waals surface area contributed by atoms with E-state index >= 15 is 0 Å². The minimum absolute atomic E-state index is 0.209. The summed E-state index contributed by atoms with van der Waals surface area (Å²) in [6.45, 7) is 4.51. The molecule has 0 aliphatic heterocycles. The molecule has 1 amide bonds.